The Bertz CT molecular complexity index is 674. The summed E-state index contributed by atoms with van der Waals surface area (Å²) in [5, 5.41) is 4.63. The van der Waals surface area contributed by atoms with E-state index in [0.717, 1.165) is 28.3 Å². The van der Waals surface area contributed by atoms with E-state index in [1.54, 1.807) is 7.11 Å². The molecule has 23 heavy (non-hydrogen) atoms. The topological polar surface area (TPSA) is 30.5 Å². The van der Waals surface area contributed by atoms with Crippen LogP contribution < -0.4 is 14.8 Å². The fraction of sp³-hybridized carbons (Fsp3) is 0.333. The van der Waals surface area contributed by atoms with Gasteiger partial charge >= 0.3 is 0 Å². The van der Waals surface area contributed by atoms with E-state index >= 15 is 0 Å². The van der Waals surface area contributed by atoms with Crippen LogP contribution in [0.15, 0.2) is 30.3 Å². The Morgan fingerprint density at radius 3 is 2.52 bits per heavy atom. The maximum absolute atomic E-state index is 6.32. The number of anilines is 1. The van der Waals surface area contributed by atoms with E-state index < -0.39 is 0 Å². The van der Waals surface area contributed by atoms with E-state index in [2.05, 4.69) is 5.32 Å². The number of rotatable bonds is 7. The van der Waals surface area contributed by atoms with Crippen molar-refractivity contribution in [2.75, 3.05) is 19.0 Å². The zero-order valence-electron chi connectivity index (χ0n) is 13.6. The molecule has 0 spiro atoms. The first-order chi connectivity index (χ1) is 11.0. The van der Waals surface area contributed by atoms with E-state index in [0.29, 0.717) is 29.7 Å². The second-order valence-electron chi connectivity index (χ2n) is 5.28. The molecular formula is C18H21Cl2NO2. The normalized spacial score (nSPS) is 10.5. The lowest BCUT2D eigenvalue weighted by Crippen LogP contribution is -2.03. The SMILES string of the molecule is CCCOc1c(Cl)cc(CNc2ccc(C)c(Cl)c2)cc1OC. The molecule has 0 atom stereocenters. The summed E-state index contributed by atoms with van der Waals surface area (Å²) in [5.41, 5.74) is 3.02. The van der Waals surface area contributed by atoms with Gasteiger partial charge in [0.25, 0.3) is 0 Å². The number of halogens is 2. The van der Waals surface area contributed by atoms with Gasteiger partial charge in [-0.2, -0.15) is 0 Å². The highest BCUT2D eigenvalue weighted by Crippen LogP contribution is 2.36. The first kappa shape index (κ1) is 17.8. The second-order valence-corrected chi connectivity index (χ2v) is 6.09. The van der Waals surface area contributed by atoms with Gasteiger partial charge in [-0.25, -0.2) is 0 Å². The first-order valence-corrected chi connectivity index (χ1v) is 8.30. The Hall–Kier alpha value is -1.58. The van der Waals surface area contributed by atoms with Crippen molar-refractivity contribution < 1.29 is 9.47 Å². The molecule has 0 aliphatic carbocycles. The van der Waals surface area contributed by atoms with Crippen molar-refractivity contribution in [2.45, 2.75) is 26.8 Å². The predicted octanol–water partition coefficient (Wildman–Crippen LogP) is 5.71. The fourth-order valence-electron chi connectivity index (χ4n) is 2.13. The van der Waals surface area contributed by atoms with Gasteiger partial charge in [0.1, 0.15) is 0 Å². The van der Waals surface area contributed by atoms with Gasteiger partial charge in [0, 0.05) is 17.3 Å². The van der Waals surface area contributed by atoms with Gasteiger partial charge in [-0.3, -0.25) is 0 Å². The van der Waals surface area contributed by atoms with Gasteiger partial charge in [-0.15, -0.1) is 0 Å². The summed E-state index contributed by atoms with van der Waals surface area (Å²) in [6, 6.07) is 9.71. The number of benzene rings is 2. The molecule has 1 N–H and O–H groups in total. The molecule has 0 saturated heterocycles. The van der Waals surface area contributed by atoms with E-state index in [-0.39, 0.29) is 0 Å². The Morgan fingerprint density at radius 1 is 1.09 bits per heavy atom. The van der Waals surface area contributed by atoms with Crippen LogP contribution in [0.2, 0.25) is 10.0 Å². The predicted molar refractivity (Wildman–Crippen MR) is 97.3 cm³/mol. The third-order valence-electron chi connectivity index (χ3n) is 3.41. The number of nitrogens with one attached hydrogen (secondary N) is 1. The average molecular weight is 354 g/mol. The molecule has 2 aromatic rings. The lowest BCUT2D eigenvalue weighted by atomic mass is 10.1. The smallest absolute Gasteiger partial charge is 0.179 e. The van der Waals surface area contributed by atoms with Crippen molar-refractivity contribution in [2.24, 2.45) is 0 Å². The molecule has 2 rings (SSSR count). The monoisotopic (exact) mass is 353 g/mol. The molecule has 124 valence electrons. The van der Waals surface area contributed by atoms with Gasteiger partial charge in [0.2, 0.25) is 0 Å². The summed E-state index contributed by atoms with van der Waals surface area (Å²) < 4.78 is 11.1. The van der Waals surface area contributed by atoms with Crippen LogP contribution in [0.25, 0.3) is 0 Å². The molecule has 0 bridgehead atoms. The third kappa shape index (κ3) is 4.69. The molecule has 0 aliphatic heterocycles. The van der Waals surface area contributed by atoms with Crippen molar-refractivity contribution in [3.05, 3.63) is 51.5 Å². The number of hydrogen-bond donors (Lipinski definition) is 1. The summed E-state index contributed by atoms with van der Waals surface area (Å²) in [6.45, 7) is 5.25. The van der Waals surface area contributed by atoms with Crippen molar-refractivity contribution >= 4 is 28.9 Å². The summed E-state index contributed by atoms with van der Waals surface area (Å²) >= 11 is 12.5. The van der Waals surface area contributed by atoms with Crippen molar-refractivity contribution in [1.29, 1.82) is 0 Å². The van der Waals surface area contributed by atoms with Crippen LogP contribution in [0.5, 0.6) is 11.5 Å². The number of hydrogen-bond acceptors (Lipinski definition) is 3. The zero-order valence-corrected chi connectivity index (χ0v) is 15.1. The molecule has 0 heterocycles. The third-order valence-corrected chi connectivity index (χ3v) is 4.10. The van der Waals surface area contributed by atoms with Crippen molar-refractivity contribution in [3.63, 3.8) is 0 Å². The summed E-state index contributed by atoms with van der Waals surface area (Å²) in [7, 11) is 1.61. The molecular weight excluding hydrogens is 333 g/mol. The molecule has 0 saturated carbocycles. The summed E-state index contributed by atoms with van der Waals surface area (Å²) in [5.74, 6) is 1.24. The first-order valence-electron chi connectivity index (χ1n) is 7.54. The molecule has 0 radical (unpaired) electrons. The van der Waals surface area contributed by atoms with E-state index in [1.165, 1.54) is 0 Å². The Kier molecular flexibility index (Phi) is 6.43. The van der Waals surface area contributed by atoms with Gasteiger partial charge < -0.3 is 14.8 Å². The maximum Gasteiger partial charge on any atom is 0.179 e. The van der Waals surface area contributed by atoms with Crippen LogP contribution in [-0.2, 0) is 6.54 Å². The molecule has 2 aromatic carbocycles. The van der Waals surface area contributed by atoms with Gasteiger partial charge in [0.15, 0.2) is 11.5 Å². The maximum atomic E-state index is 6.32. The van der Waals surface area contributed by atoms with Gasteiger partial charge in [-0.05, 0) is 48.7 Å². The number of methoxy groups -OCH3 is 1. The molecule has 0 amide bonds. The minimum Gasteiger partial charge on any atom is -0.493 e. The molecule has 5 heteroatoms. The highest BCUT2D eigenvalue weighted by molar-refractivity contribution is 6.32. The fourth-order valence-corrected chi connectivity index (χ4v) is 2.59. The van der Waals surface area contributed by atoms with Crippen LogP contribution >= 0.6 is 23.2 Å². The molecule has 3 nitrogen and oxygen atoms in total. The molecule has 0 fully saturated rings. The van der Waals surface area contributed by atoms with Crippen LogP contribution in [0, 0.1) is 6.92 Å². The van der Waals surface area contributed by atoms with Crippen LogP contribution in [0.1, 0.15) is 24.5 Å². The zero-order chi connectivity index (χ0) is 16.8. The van der Waals surface area contributed by atoms with E-state index in [4.69, 9.17) is 32.7 Å². The average Bonchev–Trinajstić information content (AvgIpc) is 2.54. The Morgan fingerprint density at radius 2 is 1.87 bits per heavy atom. The minimum atomic E-state index is 0.552. The lowest BCUT2D eigenvalue weighted by Gasteiger charge is -2.14. The van der Waals surface area contributed by atoms with E-state index in [9.17, 15) is 0 Å². The highest BCUT2D eigenvalue weighted by Gasteiger charge is 2.12. The van der Waals surface area contributed by atoms with Crippen LogP contribution in [-0.4, -0.2) is 13.7 Å². The van der Waals surface area contributed by atoms with Crippen LogP contribution in [0.3, 0.4) is 0 Å². The largest absolute Gasteiger partial charge is 0.493 e. The quantitative estimate of drug-likeness (QED) is 0.691. The van der Waals surface area contributed by atoms with E-state index in [1.807, 2.05) is 44.2 Å². The van der Waals surface area contributed by atoms with Gasteiger partial charge in [-0.1, -0.05) is 36.2 Å². The Balaban J connectivity index is 2.13. The van der Waals surface area contributed by atoms with Crippen molar-refractivity contribution in [3.8, 4) is 11.5 Å². The molecule has 0 aromatic heterocycles. The van der Waals surface area contributed by atoms with Crippen LogP contribution in [0.4, 0.5) is 5.69 Å². The summed E-state index contributed by atoms with van der Waals surface area (Å²) in [4.78, 5) is 0. The molecule has 0 aliphatic rings. The minimum absolute atomic E-state index is 0.552. The number of ether oxygens (including phenoxy) is 2. The Labute approximate surface area is 147 Å². The standard InChI is InChI=1S/C18H21Cl2NO2/c1-4-7-23-18-16(20)8-13(9-17(18)22-3)11-21-14-6-5-12(2)15(19)10-14/h5-6,8-10,21H,4,7,11H2,1-3H3. The second kappa shape index (κ2) is 8.32. The molecule has 0 unspecified atom stereocenters. The number of aryl methyl sites for hydroxylation is 1. The lowest BCUT2D eigenvalue weighted by molar-refractivity contribution is 0.294. The summed E-state index contributed by atoms with van der Waals surface area (Å²) in [6.07, 6.45) is 0.914. The van der Waals surface area contributed by atoms with Gasteiger partial charge in [0.05, 0.1) is 18.7 Å². The highest BCUT2D eigenvalue weighted by atomic mass is 35.5. The van der Waals surface area contributed by atoms with Crippen molar-refractivity contribution in [1.82, 2.24) is 0 Å².